The molecule has 0 aliphatic carbocycles. The molecule has 15 N–H and O–H groups in total. The number of ether oxygens (including phenoxy) is 8. The monoisotopic (exact) mass is 1310 g/mol. The minimum Gasteiger partial charge on any atom is -0.394 e. The molecule has 0 bridgehead atoms. The van der Waals surface area contributed by atoms with Crippen LogP contribution in [0.2, 0.25) is 0 Å². The minimum atomic E-state index is -2.10. The largest absolute Gasteiger partial charge is 0.394 e. The van der Waals surface area contributed by atoms with Crippen LogP contribution in [0.15, 0.2) is 12.2 Å². The highest BCUT2D eigenvalue weighted by atomic mass is 16.8. The van der Waals surface area contributed by atoms with Gasteiger partial charge in [-0.25, -0.2) is 0 Å². The van der Waals surface area contributed by atoms with Gasteiger partial charge in [-0.15, -0.1) is 0 Å². The van der Waals surface area contributed by atoms with Crippen molar-refractivity contribution in [3.05, 3.63) is 12.2 Å². The van der Waals surface area contributed by atoms with E-state index in [1.54, 1.807) is 6.08 Å². The molecule has 0 aromatic carbocycles. The van der Waals surface area contributed by atoms with E-state index in [2.05, 4.69) is 24.5 Å². The summed E-state index contributed by atoms with van der Waals surface area (Å²) in [4.78, 5) is 26.1. The van der Waals surface area contributed by atoms with E-state index in [-0.39, 0.29) is 12.3 Å². The first-order chi connectivity index (χ1) is 44.0. The maximum Gasteiger partial charge on any atom is 0.220 e. The maximum absolute atomic E-state index is 13.5. The van der Waals surface area contributed by atoms with Crippen LogP contribution in [0.3, 0.4) is 0 Å². The summed E-state index contributed by atoms with van der Waals surface area (Å²) < 4.78 is 46.9. The van der Waals surface area contributed by atoms with Crippen molar-refractivity contribution in [1.29, 1.82) is 0 Å². The molecule has 2 amide bonds. The molecule has 534 valence electrons. The molecule has 4 fully saturated rings. The van der Waals surface area contributed by atoms with Gasteiger partial charge in [-0.2, -0.15) is 0 Å². The van der Waals surface area contributed by atoms with Crippen molar-refractivity contribution in [2.45, 2.75) is 361 Å². The molecule has 0 radical (unpaired) electrons. The molecule has 4 aliphatic rings. The summed E-state index contributed by atoms with van der Waals surface area (Å²) in [6.45, 7) is 1.57. The fourth-order valence-corrected chi connectivity index (χ4v) is 12.4. The molecule has 25 heteroatoms. The fraction of sp³-hybridized carbons (Fsp3) is 0.939. The summed E-state index contributed by atoms with van der Waals surface area (Å²) >= 11 is 0. The van der Waals surface area contributed by atoms with Gasteiger partial charge in [0.05, 0.1) is 45.2 Å². The van der Waals surface area contributed by atoms with Crippen LogP contribution in [0.4, 0.5) is 0 Å². The van der Waals surface area contributed by atoms with Crippen LogP contribution in [-0.4, -0.2) is 246 Å². The second kappa shape index (κ2) is 46.9. The predicted molar refractivity (Wildman–Crippen MR) is 335 cm³/mol. The first kappa shape index (κ1) is 81.3. The molecule has 91 heavy (non-hydrogen) atoms. The summed E-state index contributed by atoms with van der Waals surface area (Å²) in [6, 6.07) is -2.67. The van der Waals surface area contributed by atoms with Crippen molar-refractivity contribution >= 4 is 11.8 Å². The Bertz CT molecular complexity index is 1900. The molecule has 4 aliphatic heterocycles. The predicted octanol–water partition coefficient (Wildman–Crippen LogP) is 3.34. The number of rotatable bonds is 49. The lowest BCUT2D eigenvalue weighted by Crippen LogP contribution is -2.70. The molecule has 8 unspecified atom stereocenters. The first-order valence-corrected chi connectivity index (χ1v) is 34.9. The van der Waals surface area contributed by atoms with Crippen LogP contribution in [0.1, 0.15) is 226 Å². The number of carbonyl (C=O) groups is 2. The second-order valence-electron chi connectivity index (χ2n) is 25.7. The lowest BCUT2D eigenvalue weighted by Gasteiger charge is -2.50. The lowest BCUT2D eigenvalue weighted by atomic mass is 9.94. The topological polar surface area (TPSA) is 395 Å². The Kier molecular flexibility index (Phi) is 41.9. The van der Waals surface area contributed by atoms with Gasteiger partial charge in [0.2, 0.25) is 11.8 Å². The highest BCUT2D eigenvalue weighted by Gasteiger charge is 2.56. The molecule has 4 rings (SSSR count). The van der Waals surface area contributed by atoms with Crippen LogP contribution in [0, 0.1) is 0 Å². The van der Waals surface area contributed by atoms with Gasteiger partial charge in [0.15, 0.2) is 25.2 Å². The molecule has 0 aromatic heterocycles. The van der Waals surface area contributed by atoms with E-state index in [0.717, 1.165) is 51.9 Å². The quantitative estimate of drug-likeness (QED) is 0.0307. The van der Waals surface area contributed by atoms with Crippen molar-refractivity contribution in [3.63, 3.8) is 0 Å². The number of hydrogen-bond acceptors (Lipinski definition) is 23. The third-order valence-corrected chi connectivity index (χ3v) is 18.1. The van der Waals surface area contributed by atoms with Crippen LogP contribution in [0.25, 0.3) is 0 Å². The van der Waals surface area contributed by atoms with Gasteiger partial charge in [0.25, 0.3) is 0 Å². The number of nitrogens with one attached hydrogen (secondary N) is 2. The fourth-order valence-electron chi connectivity index (χ4n) is 12.4. The summed E-state index contributed by atoms with van der Waals surface area (Å²) in [7, 11) is 0. The zero-order valence-corrected chi connectivity index (χ0v) is 54.9. The Morgan fingerprint density at radius 2 is 0.813 bits per heavy atom. The summed E-state index contributed by atoms with van der Waals surface area (Å²) in [5, 5.41) is 147. The van der Waals surface area contributed by atoms with Crippen LogP contribution >= 0.6 is 0 Å². The van der Waals surface area contributed by atoms with Gasteiger partial charge in [0, 0.05) is 13.3 Å². The average molecular weight is 1310 g/mol. The normalized spacial score (nSPS) is 32.9. The van der Waals surface area contributed by atoms with Crippen molar-refractivity contribution in [3.8, 4) is 0 Å². The smallest absolute Gasteiger partial charge is 0.220 e. The molecular weight excluding hydrogens is 1190 g/mol. The van der Waals surface area contributed by atoms with Gasteiger partial charge in [-0.05, 0) is 19.3 Å². The third-order valence-electron chi connectivity index (χ3n) is 18.1. The number of amides is 2. The van der Waals surface area contributed by atoms with Crippen LogP contribution in [-0.2, 0) is 47.5 Å². The van der Waals surface area contributed by atoms with Crippen molar-refractivity contribution in [2.75, 3.05) is 33.0 Å². The van der Waals surface area contributed by atoms with Gasteiger partial charge >= 0.3 is 0 Å². The average Bonchev–Trinajstić information content (AvgIpc) is 0.863. The highest BCUT2D eigenvalue weighted by molar-refractivity contribution is 5.76. The molecule has 22 atom stereocenters. The molecular formula is C66H122N2O23. The standard InChI is InChI=1S/C66H122N2O23/c1-4-6-8-10-12-14-16-18-19-20-21-22-23-25-27-29-31-33-35-37-50(75)68-44(45(74)36-34-32-30-28-26-24-17-15-13-11-9-7-5-2)42-84-64-58(82)56(80)60(49(41-72)88-64)89-66-59(83)62(54(78)48(40-71)87-66)91-63-51(67-43(3)73)61(53(77)47(39-70)85-63)90-65-57(81)55(79)52(76)46(38-69)86-65/h34,36,44-49,51-66,69-72,74,76-83H,4-33,35,37-42H2,1-3H3,(H,67,73)(H,68,75)/b36-34+/t44-,45+,46?,47?,48?,49?,51?,52-,53+,54-,55-,56+,57?,58?,59?,60+,61+,62-,63-,64+,65-,66-/m0/s1. The Morgan fingerprint density at radius 1 is 0.429 bits per heavy atom. The highest BCUT2D eigenvalue weighted by Crippen LogP contribution is 2.35. The van der Waals surface area contributed by atoms with Crippen molar-refractivity contribution < 1.29 is 114 Å². The summed E-state index contributed by atoms with van der Waals surface area (Å²) in [5.74, 6) is -1.08. The Labute approximate surface area is 540 Å². The molecule has 0 spiro atoms. The number of unbranched alkanes of at least 4 members (excludes halogenated alkanes) is 29. The first-order valence-electron chi connectivity index (χ1n) is 34.9. The third kappa shape index (κ3) is 28.4. The molecule has 4 heterocycles. The van der Waals surface area contributed by atoms with E-state index in [1.165, 1.54) is 141 Å². The Balaban J connectivity index is 1.35. The van der Waals surface area contributed by atoms with Gasteiger partial charge in [-0.1, -0.05) is 206 Å². The van der Waals surface area contributed by atoms with Gasteiger partial charge in [0.1, 0.15) is 97.6 Å². The zero-order chi connectivity index (χ0) is 66.5. The van der Waals surface area contributed by atoms with E-state index < -0.39 is 174 Å². The Hall–Kier alpha value is -2.16. The zero-order valence-electron chi connectivity index (χ0n) is 54.9. The molecule has 0 aromatic rings. The second-order valence-corrected chi connectivity index (χ2v) is 25.7. The van der Waals surface area contributed by atoms with Crippen molar-refractivity contribution in [1.82, 2.24) is 10.6 Å². The molecule has 0 saturated carbocycles. The van der Waals surface area contributed by atoms with E-state index >= 15 is 0 Å². The molecule has 4 saturated heterocycles. The van der Waals surface area contributed by atoms with Crippen LogP contribution in [0.5, 0.6) is 0 Å². The number of aliphatic hydroxyl groups is 13. The maximum atomic E-state index is 13.5. The molecule has 25 nitrogen and oxygen atoms in total. The lowest BCUT2D eigenvalue weighted by molar-refractivity contribution is -0.381. The van der Waals surface area contributed by atoms with E-state index in [4.69, 9.17) is 37.9 Å². The minimum absolute atomic E-state index is 0.211. The van der Waals surface area contributed by atoms with Gasteiger partial charge < -0.3 is 115 Å². The van der Waals surface area contributed by atoms with Crippen molar-refractivity contribution in [2.24, 2.45) is 0 Å². The van der Waals surface area contributed by atoms with Gasteiger partial charge in [-0.3, -0.25) is 9.59 Å². The number of allylic oxidation sites excluding steroid dienone is 1. The van der Waals surface area contributed by atoms with Crippen LogP contribution < -0.4 is 10.6 Å². The van der Waals surface area contributed by atoms with E-state index in [0.29, 0.717) is 12.8 Å². The summed E-state index contributed by atoms with van der Waals surface area (Å²) in [5.41, 5.74) is 0. The number of hydrogen-bond donors (Lipinski definition) is 15. The van der Waals surface area contributed by atoms with E-state index in [1.807, 2.05) is 6.08 Å². The Morgan fingerprint density at radius 3 is 1.29 bits per heavy atom. The number of aliphatic hydroxyl groups excluding tert-OH is 13. The summed E-state index contributed by atoms with van der Waals surface area (Å²) in [6.07, 6.45) is 5.21. The van der Waals surface area contributed by atoms with E-state index in [9.17, 15) is 76.0 Å². The SMILES string of the molecule is CCCCCCCCCCCCC/C=C/[C@@H](O)[C@H](CO[C@@H]1OC(CO)[C@@H](O[C@@H]2OC(CO)[C@H](O)[C@H](O[C@@H]3OC(CO)[C@@H](O)[C@H](O[C@@H]4OC(CO)[C@H](O)[C@H](O)C4O)C3NC(C)=O)C2O)[C@H](O)C1O)NC(=O)CCCCCCCCCCCCCCCCCCCCC. The number of carbonyl (C=O) groups excluding carboxylic acids is 2.